The number of hydrazine groups is 1. The number of nitrogens with zero attached hydrogens (tertiary/aromatic N) is 2. The van der Waals surface area contributed by atoms with Gasteiger partial charge in [-0.25, -0.2) is 5.01 Å². The summed E-state index contributed by atoms with van der Waals surface area (Å²) >= 11 is 5.96. The summed E-state index contributed by atoms with van der Waals surface area (Å²) in [5.74, 6) is 5.64. The molecule has 0 spiro atoms. The highest BCUT2D eigenvalue weighted by Gasteiger charge is 2.07. The molecule has 0 aliphatic heterocycles. The molecule has 0 aliphatic carbocycles. The van der Waals surface area contributed by atoms with E-state index in [0.717, 1.165) is 23.1 Å². The number of pyridine rings is 1. The molecule has 0 saturated carbocycles. The third-order valence-corrected chi connectivity index (χ3v) is 2.90. The third-order valence-electron chi connectivity index (χ3n) is 2.67. The summed E-state index contributed by atoms with van der Waals surface area (Å²) in [6, 6.07) is 7.93. The molecule has 0 aliphatic rings. The van der Waals surface area contributed by atoms with E-state index in [2.05, 4.69) is 17.2 Å². The number of nitrogens with two attached hydrogens (primary N) is 1. The summed E-state index contributed by atoms with van der Waals surface area (Å²) in [5.41, 5.74) is 1.94. The van der Waals surface area contributed by atoms with Crippen LogP contribution in [0.2, 0.25) is 5.02 Å². The number of fused-ring (bicyclic) bond motifs is 1. The van der Waals surface area contributed by atoms with Gasteiger partial charge in [0.1, 0.15) is 0 Å². The molecule has 0 unspecified atom stereocenters. The zero-order chi connectivity index (χ0) is 13.1. The predicted octanol–water partition coefficient (Wildman–Crippen LogP) is 2.49. The van der Waals surface area contributed by atoms with Crippen molar-refractivity contribution in [2.24, 2.45) is 5.84 Å². The van der Waals surface area contributed by atoms with Crippen molar-refractivity contribution in [1.82, 2.24) is 9.99 Å². The van der Waals surface area contributed by atoms with Crippen LogP contribution in [0, 0.1) is 0 Å². The molecule has 1 aromatic heterocycles. The van der Waals surface area contributed by atoms with E-state index in [0.29, 0.717) is 5.02 Å². The largest absolute Gasteiger partial charge is 0.381 e. The van der Waals surface area contributed by atoms with Crippen molar-refractivity contribution < 1.29 is 0 Å². The predicted molar refractivity (Wildman–Crippen MR) is 76.7 cm³/mol. The van der Waals surface area contributed by atoms with Gasteiger partial charge in [-0.2, -0.15) is 0 Å². The van der Waals surface area contributed by atoms with Crippen molar-refractivity contribution in [3.63, 3.8) is 0 Å². The van der Waals surface area contributed by atoms with Crippen molar-refractivity contribution in [2.75, 3.05) is 18.9 Å². The van der Waals surface area contributed by atoms with Crippen LogP contribution in [0.4, 0.5) is 5.69 Å². The van der Waals surface area contributed by atoms with E-state index in [1.54, 1.807) is 11.2 Å². The highest BCUT2D eigenvalue weighted by atomic mass is 35.5. The van der Waals surface area contributed by atoms with Gasteiger partial charge in [0, 0.05) is 41.9 Å². The lowest BCUT2D eigenvalue weighted by atomic mass is 10.1. The molecule has 4 nitrogen and oxygen atoms in total. The van der Waals surface area contributed by atoms with Crippen LogP contribution in [0.25, 0.3) is 10.9 Å². The van der Waals surface area contributed by atoms with Gasteiger partial charge >= 0.3 is 0 Å². The quantitative estimate of drug-likeness (QED) is 0.658. The molecule has 2 aromatic rings. The van der Waals surface area contributed by atoms with Crippen LogP contribution in [-0.4, -0.2) is 29.6 Å². The Morgan fingerprint density at radius 2 is 2.22 bits per heavy atom. The maximum Gasteiger partial charge on any atom is 0.0737 e. The van der Waals surface area contributed by atoms with Crippen molar-refractivity contribution in [3.8, 4) is 0 Å². The number of likely N-dealkylation sites (N-methyl/N-ethyl adjacent to an activating group) is 1. The fourth-order valence-corrected chi connectivity index (χ4v) is 2.16. The van der Waals surface area contributed by atoms with Gasteiger partial charge in [0.25, 0.3) is 0 Å². The molecule has 18 heavy (non-hydrogen) atoms. The minimum absolute atomic E-state index is 0.251. The lowest BCUT2D eigenvalue weighted by Gasteiger charge is -2.20. The molecule has 0 fully saturated rings. The van der Waals surface area contributed by atoms with Crippen LogP contribution >= 0.6 is 11.6 Å². The maximum atomic E-state index is 5.96. The molecule has 0 amide bonds. The first-order chi connectivity index (χ1) is 8.56. The number of nitrogens with one attached hydrogen (secondary N) is 1. The second-order valence-corrected chi connectivity index (χ2v) is 4.94. The first-order valence-corrected chi connectivity index (χ1v) is 6.20. The van der Waals surface area contributed by atoms with E-state index in [4.69, 9.17) is 17.4 Å². The third kappa shape index (κ3) is 3.10. The van der Waals surface area contributed by atoms with Gasteiger partial charge in [0.2, 0.25) is 0 Å². The van der Waals surface area contributed by atoms with Gasteiger partial charge < -0.3 is 5.32 Å². The van der Waals surface area contributed by atoms with Crippen molar-refractivity contribution >= 4 is 28.2 Å². The Bertz CT molecular complexity index is 542. The highest BCUT2D eigenvalue weighted by Crippen LogP contribution is 2.24. The minimum atomic E-state index is 0.251. The van der Waals surface area contributed by atoms with Gasteiger partial charge in [-0.3, -0.25) is 10.8 Å². The summed E-state index contributed by atoms with van der Waals surface area (Å²) in [6.07, 6.45) is 1.78. The van der Waals surface area contributed by atoms with Crippen LogP contribution in [0.1, 0.15) is 6.92 Å². The molecular weight excluding hydrogens is 248 g/mol. The summed E-state index contributed by atoms with van der Waals surface area (Å²) < 4.78 is 0. The zero-order valence-electron chi connectivity index (χ0n) is 10.5. The van der Waals surface area contributed by atoms with Crippen molar-refractivity contribution in [2.45, 2.75) is 13.0 Å². The SMILES string of the molecule is C[C@H](CN(C)N)Nc1ccnc2cc(Cl)ccc12. The van der Waals surface area contributed by atoms with E-state index >= 15 is 0 Å². The number of benzene rings is 1. The van der Waals surface area contributed by atoms with E-state index in [-0.39, 0.29) is 6.04 Å². The molecule has 3 N–H and O–H groups in total. The van der Waals surface area contributed by atoms with E-state index < -0.39 is 0 Å². The fraction of sp³-hybridized carbons (Fsp3) is 0.308. The summed E-state index contributed by atoms with van der Waals surface area (Å²) in [4.78, 5) is 4.31. The second kappa shape index (κ2) is 5.52. The van der Waals surface area contributed by atoms with Crippen molar-refractivity contribution in [1.29, 1.82) is 0 Å². The van der Waals surface area contributed by atoms with Crippen LogP contribution in [0.15, 0.2) is 30.5 Å². The number of rotatable bonds is 4. The minimum Gasteiger partial charge on any atom is -0.381 e. The number of hydrogen-bond acceptors (Lipinski definition) is 4. The van der Waals surface area contributed by atoms with Crippen LogP contribution in [0.3, 0.4) is 0 Å². The Hall–Kier alpha value is -1.36. The average Bonchev–Trinajstić information content (AvgIpc) is 2.27. The molecule has 1 aromatic carbocycles. The number of halogens is 1. The van der Waals surface area contributed by atoms with Crippen molar-refractivity contribution in [3.05, 3.63) is 35.5 Å². The molecule has 0 bridgehead atoms. The lowest BCUT2D eigenvalue weighted by molar-refractivity contribution is 0.337. The monoisotopic (exact) mass is 264 g/mol. The summed E-state index contributed by atoms with van der Waals surface area (Å²) in [7, 11) is 1.85. The molecule has 0 saturated heterocycles. The van der Waals surface area contributed by atoms with E-state index in [1.165, 1.54) is 0 Å². The summed E-state index contributed by atoms with van der Waals surface area (Å²) in [5, 5.41) is 6.86. The summed E-state index contributed by atoms with van der Waals surface area (Å²) in [6.45, 7) is 2.85. The Morgan fingerprint density at radius 3 is 2.94 bits per heavy atom. The van der Waals surface area contributed by atoms with Crippen LogP contribution in [0.5, 0.6) is 0 Å². The smallest absolute Gasteiger partial charge is 0.0737 e. The zero-order valence-corrected chi connectivity index (χ0v) is 11.3. The molecule has 1 heterocycles. The first-order valence-electron chi connectivity index (χ1n) is 5.83. The fourth-order valence-electron chi connectivity index (χ4n) is 1.99. The maximum absolute atomic E-state index is 5.96. The standard InChI is InChI=1S/C13H17ClN4/c1-9(8-18(2)15)17-12-5-6-16-13-7-10(14)3-4-11(12)13/h3-7,9H,8,15H2,1-2H3,(H,16,17)/t9-/m1/s1. The molecule has 0 radical (unpaired) electrons. The normalized spacial score (nSPS) is 12.9. The molecule has 1 atom stereocenters. The molecule has 2 rings (SSSR count). The number of aromatic nitrogens is 1. The Morgan fingerprint density at radius 1 is 1.44 bits per heavy atom. The van der Waals surface area contributed by atoms with Gasteiger partial charge in [0.15, 0.2) is 0 Å². The highest BCUT2D eigenvalue weighted by molar-refractivity contribution is 6.31. The lowest BCUT2D eigenvalue weighted by Crippen LogP contribution is -2.36. The Kier molecular flexibility index (Phi) is 4.01. The van der Waals surface area contributed by atoms with Crippen LogP contribution < -0.4 is 11.2 Å². The number of anilines is 1. The first kappa shape index (κ1) is 13.1. The Labute approximate surface area is 112 Å². The average molecular weight is 265 g/mol. The van der Waals surface area contributed by atoms with Gasteiger partial charge in [-0.1, -0.05) is 11.6 Å². The van der Waals surface area contributed by atoms with Gasteiger partial charge in [0.05, 0.1) is 5.52 Å². The van der Waals surface area contributed by atoms with Crippen LogP contribution in [-0.2, 0) is 0 Å². The topological polar surface area (TPSA) is 54.2 Å². The Balaban J connectivity index is 2.28. The second-order valence-electron chi connectivity index (χ2n) is 4.50. The van der Waals surface area contributed by atoms with E-state index in [9.17, 15) is 0 Å². The molecule has 5 heteroatoms. The van der Waals surface area contributed by atoms with Gasteiger partial charge in [-0.15, -0.1) is 0 Å². The number of hydrogen-bond donors (Lipinski definition) is 2. The van der Waals surface area contributed by atoms with Gasteiger partial charge in [-0.05, 0) is 31.2 Å². The van der Waals surface area contributed by atoms with E-state index in [1.807, 2.05) is 31.3 Å². The molecule has 96 valence electrons. The molecular formula is C13H17ClN4.